The fraction of sp³-hybridized carbons (Fsp3) is 0.533. The van der Waals surface area contributed by atoms with E-state index in [1.54, 1.807) is 12.1 Å². The van der Waals surface area contributed by atoms with E-state index in [1.165, 1.54) is 0 Å². The van der Waals surface area contributed by atoms with Gasteiger partial charge in [-0.15, -0.1) is 0 Å². The Hall–Kier alpha value is -0.850. The van der Waals surface area contributed by atoms with Gasteiger partial charge in [0, 0.05) is 12.6 Å². The number of morpholine rings is 1. The first-order chi connectivity index (χ1) is 10.5. The van der Waals surface area contributed by atoms with Gasteiger partial charge in [0.1, 0.15) is 12.1 Å². The van der Waals surface area contributed by atoms with Crippen LogP contribution in [-0.2, 0) is 9.53 Å². The first kappa shape index (κ1) is 16.0. The summed E-state index contributed by atoms with van der Waals surface area (Å²) in [6.45, 7) is 3.72. The maximum atomic E-state index is 12.6. The van der Waals surface area contributed by atoms with Gasteiger partial charge in [0.05, 0.1) is 23.2 Å². The second kappa shape index (κ2) is 6.72. The molecule has 0 aliphatic carbocycles. The first-order valence-corrected chi connectivity index (χ1v) is 8.16. The fourth-order valence-electron chi connectivity index (χ4n) is 2.86. The smallest absolute Gasteiger partial charge is 0.241 e. The van der Waals surface area contributed by atoms with Crippen LogP contribution in [0, 0.1) is 0 Å². The molecule has 2 fully saturated rings. The minimum Gasteiger partial charge on any atom is -0.370 e. The lowest BCUT2D eigenvalue weighted by atomic mass is 10.1. The molecule has 2 heterocycles. The number of ether oxygens (including phenoxy) is 1. The van der Waals surface area contributed by atoms with Gasteiger partial charge in [0.15, 0.2) is 0 Å². The standard InChI is InChI=1S/C15H19Cl2N3O2/c1-9-6-13(19-18-9)15(21)20-4-5-22-14(8-20)10-2-3-11(16)12(17)7-10/h2-3,7,9,13-14,18-19H,4-6,8H2,1H3. The second-order valence-corrected chi connectivity index (χ2v) is 6.61. The van der Waals surface area contributed by atoms with E-state index in [4.69, 9.17) is 27.9 Å². The number of amides is 1. The number of halogens is 2. The first-order valence-electron chi connectivity index (χ1n) is 7.41. The number of nitrogens with zero attached hydrogens (tertiary/aromatic N) is 1. The van der Waals surface area contributed by atoms with E-state index in [0.29, 0.717) is 35.8 Å². The fourth-order valence-corrected chi connectivity index (χ4v) is 3.17. The van der Waals surface area contributed by atoms with E-state index in [0.717, 1.165) is 12.0 Å². The number of hydrogen-bond acceptors (Lipinski definition) is 4. The summed E-state index contributed by atoms with van der Waals surface area (Å²) in [6.07, 6.45) is 0.632. The summed E-state index contributed by atoms with van der Waals surface area (Å²) >= 11 is 12.0. The summed E-state index contributed by atoms with van der Waals surface area (Å²) in [5.74, 6) is 0.116. The van der Waals surface area contributed by atoms with Crippen LogP contribution in [0.25, 0.3) is 0 Å². The number of nitrogens with one attached hydrogen (secondary N) is 2. The zero-order chi connectivity index (χ0) is 15.7. The molecule has 0 spiro atoms. The third-order valence-electron chi connectivity index (χ3n) is 4.08. The molecule has 2 N–H and O–H groups in total. The van der Waals surface area contributed by atoms with Crippen LogP contribution in [0.15, 0.2) is 18.2 Å². The van der Waals surface area contributed by atoms with Crippen LogP contribution >= 0.6 is 23.2 Å². The van der Waals surface area contributed by atoms with E-state index in [2.05, 4.69) is 17.8 Å². The summed E-state index contributed by atoms with van der Waals surface area (Å²) in [4.78, 5) is 14.4. The van der Waals surface area contributed by atoms with Gasteiger partial charge in [0.2, 0.25) is 5.91 Å². The van der Waals surface area contributed by atoms with Crippen molar-refractivity contribution in [1.82, 2.24) is 15.8 Å². The van der Waals surface area contributed by atoms with Crippen LogP contribution in [0.1, 0.15) is 25.0 Å². The minimum absolute atomic E-state index is 0.116. The Balaban J connectivity index is 1.68. The molecule has 0 radical (unpaired) electrons. The summed E-state index contributed by atoms with van der Waals surface area (Å²) in [5.41, 5.74) is 7.08. The molecule has 3 unspecified atom stereocenters. The topological polar surface area (TPSA) is 53.6 Å². The Kier molecular flexibility index (Phi) is 4.90. The monoisotopic (exact) mass is 343 g/mol. The quantitative estimate of drug-likeness (QED) is 0.863. The molecule has 0 bridgehead atoms. The van der Waals surface area contributed by atoms with Crippen molar-refractivity contribution in [2.24, 2.45) is 0 Å². The summed E-state index contributed by atoms with van der Waals surface area (Å²) in [6, 6.07) is 5.60. The van der Waals surface area contributed by atoms with Crippen molar-refractivity contribution in [3.8, 4) is 0 Å². The van der Waals surface area contributed by atoms with E-state index < -0.39 is 0 Å². The van der Waals surface area contributed by atoms with Crippen LogP contribution in [0.2, 0.25) is 10.0 Å². The number of carbonyl (C=O) groups is 1. The zero-order valence-corrected chi connectivity index (χ0v) is 13.8. The molecule has 3 rings (SSSR count). The Morgan fingerprint density at radius 2 is 2.14 bits per heavy atom. The molecule has 0 saturated carbocycles. The van der Waals surface area contributed by atoms with Crippen LogP contribution < -0.4 is 10.9 Å². The number of rotatable bonds is 2. The van der Waals surface area contributed by atoms with Gasteiger partial charge in [-0.25, -0.2) is 5.43 Å². The number of carbonyl (C=O) groups excluding carboxylic acids is 1. The predicted octanol–water partition coefficient (Wildman–Crippen LogP) is 2.15. The highest BCUT2D eigenvalue weighted by Gasteiger charge is 2.33. The highest BCUT2D eigenvalue weighted by molar-refractivity contribution is 6.42. The van der Waals surface area contributed by atoms with Gasteiger partial charge in [-0.1, -0.05) is 29.3 Å². The summed E-state index contributed by atoms with van der Waals surface area (Å²) in [7, 11) is 0. The molecular weight excluding hydrogens is 325 g/mol. The number of hydrogen-bond donors (Lipinski definition) is 2. The van der Waals surface area contributed by atoms with E-state index in [-0.39, 0.29) is 18.1 Å². The Morgan fingerprint density at radius 1 is 1.32 bits per heavy atom. The zero-order valence-electron chi connectivity index (χ0n) is 12.3. The van der Waals surface area contributed by atoms with Gasteiger partial charge in [-0.3, -0.25) is 10.2 Å². The highest BCUT2D eigenvalue weighted by Crippen LogP contribution is 2.29. The van der Waals surface area contributed by atoms with Crippen LogP contribution in [0.5, 0.6) is 0 Å². The van der Waals surface area contributed by atoms with E-state index in [9.17, 15) is 4.79 Å². The van der Waals surface area contributed by atoms with Crippen LogP contribution in [0.4, 0.5) is 0 Å². The van der Waals surface area contributed by atoms with Crippen molar-refractivity contribution >= 4 is 29.1 Å². The van der Waals surface area contributed by atoms with E-state index in [1.807, 2.05) is 11.0 Å². The average Bonchev–Trinajstić information content (AvgIpc) is 2.96. The molecule has 2 saturated heterocycles. The minimum atomic E-state index is -0.167. The summed E-state index contributed by atoms with van der Waals surface area (Å²) < 4.78 is 5.79. The molecule has 120 valence electrons. The molecule has 2 aliphatic heterocycles. The lowest BCUT2D eigenvalue weighted by molar-refractivity contribution is -0.141. The third-order valence-corrected chi connectivity index (χ3v) is 4.82. The molecule has 7 heteroatoms. The number of hydrazine groups is 1. The van der Waals surface area contributed by atoms with Gasteiger partial charge >= 0.3 is 0 Å². The van der Waals surface area contributed by atoms with E-state index >= 15 is 0 Å². The molecule has 2 aliphatic rings. The van der Waals surface area contributed by atoms with Gasteiger partial charge in [-0.2, -0.15) is 0 Å². The Labute approximate surface area is 139 Å². The maximum Gasteiger partial charge on any atom is 0.241 e. The normalized spacial score (nSPS) is 28.9. The predicted molar refractivity (Wildman–Crippen MR) is 85.9 cm³/mol. The summed E-state index contributed by atoms with van der Waals surface area (Å²) in [5, 5.41) is 1.02. The SMILES string of the molecule is CC1CC(C(=O)N2CCOC(c3ccc(Cl)c(Cl)c3)C2)NN1. The molecular formula is C15H19Cl2N3O2. The number of benzene rings is 1. The third kappa shape index (κ3) is 3.39. The van der Waals surface area contributed by atoms with Crippen molar-refractivity contribution in [3.63, 3.8) is 0 Å². The van der Waals surface area contributed by atoms with Gasteiger partial charge in [0.25, 0.3) is 0 Å². The van der Waals surface area contributed by atoms with Crippen molar-refractivity contribution in [2.75, 3.05) is 19.7 Å². The lowest BCUT2D eigenvalue weighted by Crippen LogP contribution is -2.50. The highest BCUT2D eigenvalue weighted by atomic mass is 35.5. The van der Waals surface area contributed by atoms with Gasteiger partial charge in [-0.05, 0) is 31.0 Å². The van der Waals surface area contributed by atoms with Crippen molar-refractivity contribution in [2.45, 2.75) is 31.5 Å². The molecule has 1 aromatic rings. The maximum absolute atomic E-state index is 12.6. The van der Waals surface area contributed by atoms with Crippen LogP contribution in [0.3, 0.4) is 0 Å². The molecule has 3 atom stereocenters. The van der Waals surface area contributed by atoms with Crippen LogP contribution in [-0.4, -0.2) is 42.6 Å². The van der Waals surface area contributed by atoms with Gasteiger partial charge < -0.3 is 9.64 Å². The largest absolute Gasteiger partial charge is 0.370 e. The Bertz CT molecular complexity index is 570. The Morgan fingerprint density at radius 3 is 2.82 bits per heavy atom. The molecule has 22 heavy (non-hydrogen) atoms. The van der Waals surface area contributed by atoms with Crippen molar-refractivity contribution in [3.05, 3.63) is 33.8 Å². The second-order valence-electron chi connectivity index (χ2n) is 5.80. The molecule has 0 aromatic heterocycles. The molecule has 1 amide bonds. The van der Waals surface area contributed by atoms with Crippen molar-refractivity contribution in [1.29, 1.82) is 0 Å². The van der Waals surface area contributed by atoms with Crippen molar-refractivity contribution < 1.29 is 9.53 Å². The molecule has 1 aromatic carbocycles. The molecule has 5 nitrogen and oxygen atoms in total. The lowest BCUT2D eigenvalue weighted by Gasteiger charge is -2.34. The average molecular weight is 344 g/mol.